The van der Waals surface area contributed by atoms with Crippen LogP contribution < -0.4 is 9.47 Å². The minimum atomic E-state index is -0.374. The van der Waals surface area contributed by atoms with Crippen molar-refractivity contribution >= 4 is 5.97 Å². The molecule has 0 aliphatic heterocycles. The van der Waals surface area contributed by atoms with Gasteiger partial charge in [0.2, 0.25) is 11.8 Å². The molecule has 5 nitrogen and oxygen atoms in total. The molecule has 1 aliphatic rings. The van der Waals surface area contributed by atoms with Gasteiger partial charge in [0.1, 0.15) is 0 Å². The van der Waals surface area contributed by atoms with E-state index in [9.17, 15) is 4.79 Å². The molecule has 1 aromatic rings. The second-order valence-corrected chi connectivity index (χ2v) is 4.61. The molecule has 1 aliphatic carbocycles. The van der Waals surface area contributed by atoms with Gasteiger partial charge in [0.15, 0.2) is 0 Å². The first-order valence-electron chi connectivity index (χ1n) is 6.42. The van der Waals surface area contributed by atoms with Crippen LogP contribution in [0.1, 0.15) is 47.5 Å². The van der Waals surface area contributed by atoms with Crippen LogP contribution in [-0.4, -0.2) is 32.3 Å². The van der Waals surface area contributed by atoms with Crippen LogP contribution in [0, 0.1) is 0 Å². The Morgan fingerprint density at radius 1 is 1.21 bits per heavy atom. The van der Waals surface area contributed by atoms with Crippen LogP contribution in [0.2, 0.25) is 0 Å². The van der Waals surface area contributed by atoms with Gasteiger partial charge in [-0.15, -0.1) is 0 Å². The minimum absolute atomic E-state index is 0.308. The predicted octanol–water partition coefficient (Wildman–Crippen LogP) is 2.54. The fourth-order valence-electron chi connectivity index (χ4n) is 2.66. The lowest BCUT2D eigenvalue weighted by Crippen LogP contribution is -2.11. The van der Waals surface area contributed by atoms with E-state index >= 15 is 0 Å². The number of aromatic nitrogens is 1. The van der Waals surface area contributed by atoms with Crippen LogP contribution >= 0.6 is 0 Å². The van der Waals surface area contributed by atoms with Crippen molar-refractivity contribution < 1.29 is 19.0 Å². The highest BCUT2D eigenvalue weighted by atomic mass is 16.5. The van der Waals surface area contributed by atoms with Gasteiger partial charge in [-0.3, -0.25) is 0 Å². The fraction of sp³-hybridized carbons (Fsp3) is 0.571. The number of pyridine rings is 1. The molecule has 5 heteroatoms. The van der Waals surface area contributed by atoms with Crippen molar-refractivity contribution in [1.29, 1.82) is 0 Å². The Kier molecular flexibility index (Phi) is 4.24. The van der Waals surface area contributed by atoms with Crippen molar-refractivity contribution in [1.82, 2.24) is 4.98 Å². The summed E-state index contributed by atoms with van der Waals surface area (Å²) in [6.07, 6.45) is 4.43. The average molecular weight is 265 g/mol. The summed E-state index contributed by atoms with van der Waals surface area (Å²) in [6.45, 7) is 0. The van der Waals surface area contributed by atoms with E-state index in [0.29, 0.717) is 23.2 Å². The third kappa shape index (κ3) is 2.64. The lowest BCUT2D eigenvalue weighted by molar-refractivity contribution is 0.0597. The SMILES string of the molecule is COC(=O)c1cc(OC)nc(OC)c1C1CCCC1. The number of carbonyl (C=O) groups excluding carboxylic acids is 1. The molecule has 1 heterocycles. The number of nitrogens with zero attached hydrogens (tertiary/aromatic N) is 1. The first-order valence-corrected chi connectivity index (χ1v) is 6.42. The second kappa shape index (κ2) is 5.91. The molecule has 19 heavy (non-hydrogen) atoms. The van der Waals surface area contributed by atoms with Gasteiger partial charge < -0.3 is 14.2 Å². The highest BCUT2D eigenvalue weighted by Gasteiger charge is 2.28. The molecule has 104 valence electrons. The molecule has 2 rings (SSSR count). The van der Waals surface area contributed by atoms with Gasteiger partial charge in [0, 0.05) is 11.6 Å². The summed E-state index contributed by atoms with van der Waals surface area (Å²) in [6, 6.07) is 1.63. The molecule has 1 aromatic heterocycles. The van der Waals surface area contributed by atoms with Crippen LogP contribution in [0.3, 0.4) is 0 Å². The maximum atomic E-state index is 12.0. The van der Waals surface area contributed by atoms with Crippen molar-refractivity contribution in [2.45, 2.75) is 31.6 Å². The quantitative estimate of drug-likeness (QED) is 0.783. The molecule has 0 spiro atoms. The Morgan fingerprint density at radius 3 is 2.42 bits per heavy atom. The van der Waals surface area contributed by atoms with E-state index in [2.05, 4.69) is 4.98 Å². The molecule has 0 aromatic carbocycles. The molecule has 0 N–H and O–H groups in total. The minimum Gasteiger partial charge on any atom is -0.481 e. The van der Waals surface area contributed by atoms with E-state index in [1.807, 2.05) is 0 Å². The summed E-state index contributed by atoms with van der Waals surface area (Å²) in [5.41, 5.74) is 1.35. The van der Waals surface area contributed by atoms with E-state index in [4.69, 9.17) is 14.2 Å². The highest BCUT2D eigenvalue weighted by molar-refractivity contribution is 5.92. The number of carbonyl (C=O) groups is 1. The van der Waals surface area contributed by atoms with Crippen LogP contribution in [0.4, 0.5) is 0 Å². The lowest BCUT2D eigenvalue weighted by Gasteiger charge is -2.18. The third-order valence-corrected chi connectivity index (χ3v) is 3.57. The second-order valence-electron chi connectivity index (χ2n) is 4.61. The zero-order valence-corrected chi connectivity index (χ0v) is 11.6. The number of hydrogen-bond donors (Lipinski definition) is 0. The summed E-state index contributed by atoms with van der Waals surface area (Å²) in [5.74, 6) is 0.758. The summed E-state index contributed by atoms with van der Waals surface area (Å²) >= 11 is 0. The molecule has 0 radical (unpaired) electrons. The Balaban J connectivity index is 2.55. The Labute approximate surface area is 112 Å². The van der Waals surface area contributed by atoms with Crippen LogP contribution in [0.15, 0.2) is 6.07 Å². The molecule has 0 amide bonds. The molecule has 0 unspecified atom stereocenters. The first-order chi connectivity index (χ1) is 9.21. The van der Waals surface area contributed by atoms with Crippen LogP contribution in [-0.2, 0) is 4.74 Å². The van der Waals surface area contributed by atoms with Crippen LogP contribution in [0.5, 0.6) is 11.8 Å². The number of hydrogen-bond acceptors (Lipinski definition) is 5. The van der Waals surface area contributed by atoms with Gasteiger partial charge in [-0.1, -0.05) is 12.8 Å². The highest BCUT2D eigenvalue weighted by Crippen LogP contribution is 2.41. The normalized spacial score (nSPS) is 15.3. The summed E-state index contributed by atoms with van der Waals surface area (Å²) in [7, 11) is 4.44. The van der Waals surface area contributed by atoms with E-state index in [0.717, 1.165) is 18.4 Å². The summed E-state index contributed by atoms with van der Waals surface area (Å²) < 4.78 is 15.3. The molecular weight excluding hydrogens is 246 g/mol. The van der Waals surface area contributed by atoms with Gasteiger partial charge in [0.05, 0.1) is 26.9 Å². The maximum Gasteiger partial charge on any atom is 0.338 e. The van der Waals surface area contributed by atoms with Crippen molar-refractivity contribution in [3.63, 3.8) is 0 Å². The van der Waals surface area contributed by atoms with Gasteiger partial charge in [-0.25, -0.2) is 4.79 Å². The monoisotopic (exact) mass is 265 g/mol. The number of methoxy groups -OCH3 is 3. The lowest BCUT2D eigenvalue weighted by atomic mass is 9.94. The largest absolute Gasteiger partial charge is 0.481 e. The van der Waals surface area contributed by atoms with Gasteiger partial charge in [-0.05, 0) is 18.8 Å². The third-order valence-electron chi connectivity index (χ3n) is 3.57. The number of rotatable bonds is 4. The Morgan fingerprint density at radius 2 is 1.89 bits per heavy atom. The smallest absolute Gasteiger partial charge is 0.338 e. The van der Waals surface area contributed by atoms with Crippen molar-refractivity contribution in [3.05, 3.63) is 17.2 Å². The van der Waals surface area contributed by atoms with E-state index in [1.165, 1.54) is 27.1 Å². The molecule has 0 saturated heterocycles. The molecule has 1 fully saturated rings. The average Bonchev–Trinajstić information content (AvgIpc) is 2.98. The van der Waals surface area contributed by atoms with Crippen molar-refractivity contribution in [3.8, 4) is 11.8 Å². The van der Waals surface area contributed by atoms with E-state index in [1.54, 1.807) is 13.2 Å². The van der Waals surface area contributed by atoms with Gasteiger partial charge in [0.25, 0.3) is 0 Å². The first kappa shape index (κ1) is 13.6. The maximum absolute atomic E-state index is 12.0. The molecule has 0 atom stereocenters. The molecular formula is C14H19NO4. The van der Waals surface area contributed by atoms with Crippen molar-refractivity contribution in [2.75, 3.05) is 21.3 Å². The fourth-order valence-corrected chi connectivity index (χ4v) is 2.66. The Bertz CT molecular complexity index is 467. The number of ether oxygens (including phenoxy) is 3. The molecule has 1 saturated carbocycles. The standard InChI is InChI=1S/C14H19NO4/c1-17-11-8-10(14(16)19-3)12(13(15-11)18-2)9-6-4-5-7-9/h8-9H,4-7H2,1-3H3. The Hall–Kier alpha value is -1.78. The van der Waals surface area contributed by atoms with Gasteiger partial charge in [-0.2, -0.15) is 4.98 Å². The summed E-state index contributed by atoms with van der Waals surface area (Å²) in [4.78, 5) is 16.2. The zero-order chi connectivity index (χ0) is 13.8. The van der Waals surface area contributed by atoms with E-state index in [-0.39, 0.29) is 5.97 Å². The molecule has 0 bridgehead atoms. The topological polar surface area (TPSA) is 57.7 Å². The van der Waals surface area contributed by atoms with E-state index < -0.39 is 0 Å². The number of esters is 1. The van der Waals surface area contributed by atoms with Crippen molar-refractivity contribution in [2.24, 2.45) is 0 Å². The summed E-state index contributed by atoms with van der Waals surface area (Å²) in [5, 5.41) is 0. The predicted molar refractivity (Wildman–Crippen MR) is 69.9 cm³/mol. The zero-order valence-electron chi connectivity index (χ0n) is 11.6. The van der Waals surface area contributed by atoms with Gasteiger partial charge >= 0.3 is 5.97 Å². The van der Waals surface area contributed by atoms with Crippen LogP contribution in [0.25, 0.3) is 0 Å².